The largest absolute Gasteiger partial charge is 0.353 e. The van der Waals surface area contributed by atoms with E-state index in [-0.39, 0.29) is 11.4 Å². The Hall–Kier alpha value is -2.93. The lowest BCUT2D eigenvalue weighted by Gasteiger charge is -2.37. The van der Waals surface area contributed by atoms with Crippen LogP contribution in [0.3, 0.4) is 0 Å². The summed E-state index contributed by atoms with van der Waals surface area (Å²) in [6.07, 6.45) is 0. The minimum absolute atomic E-state index is 0.122. The molecule has 1 N–H and O–H groups in total. The molecule has 1 fully saturated rings. The Bertz CT molecular complexity index is 1280. The maximum atomic E-state index is 13.7. The first-order valence-corrected chi connectivity index (χ1v) is 9.54. The highest BCUT2D eigenvalue weighted by Gasteiger charge is 2.23. The number of hydrogen-bond donors (Lipinski definition) is 1. The molecule has 7 heteroatoms. The van der Waals surface area contributed by atoms with E-state index < -0.39 is 0 Å². The maximum Gasteiger partial charge on any atom is 0.275 e. The molecule has 4 heterocycles. The molecule has 3 aromatic heterocycles. The second-order valence-corrected chi connectivity index (χ2v) is 7.82. The van der Waals surface area contributed by atoms with E-state index >= 15 is 0 Å². The smallest absolute Gasteiger partial charge is 0.275 e. The maximum absolute atomic E-state index is 13.7. The highest BCUT2D eigenvalue weighted by molar-refractivity contribution is 5.92. The van der Waals surface area contributed by atoms with Crippen molar-refractivity contribution in [1.82, 2.24) is 19.3 Å². The topological polar surface area (TPSA) is 54.6 Å². The van der Waals surface area contributed by atoms with Crippen LogP contribution in [0.25, 0.3) is 27.6 Å². The van der Waals surface area contributed by atoms with Gasteiger partial charge in [0.2, 0.25) is 0 Å². The van der Waals surface area contributed by atoms with E-state index in [4.69, 9.17) is 4.98 Å². The van der Waals surface area contributed by atoms with Crippen LogP contribution in [0.5, 0.6) is 0 Å². The van der Waals surface area contributed by atoms with Crippen LogP contribution in [0.4, 0.5) is 10.2 Å². The second-order valence-electron chi connectivity index (χ2n) is 7.82. The standard InChI is InChI=1S/C21H22FN5O/c1-12-10-26(11-13(2)23-12)19-7-6-17-20(24-19)27-16-5-4-15(22)8-14(16)9-18(27)21(28)25(17)3/h4-9,12-13,23H,10-11H2,1-3H3/t12-,13+. The number of nitrogens with zero attached hydrogens (tertiary/aromatic N) is 4. The monoisotopic (exact) mass is 379 g/mol. The summed E-state index contributed by atoms with van der Waals surface area (Å²) in [6, 6.07) is 11.0. The summed E-state index contributed by atoms with van der Waals surface area (Å²) < 4.78 is 17.2. The van der Waals surface area contributed by atoms with Crippen LogP contribution >= 0.6 is 0 Å². The summed E-state index contributed by atoms with van der Waals surface area (Å²) in [4.78, 5) is 20.1. The highest BCUT2D eigenvalue weighted by Crippen LogP contribution is 2.25. The molecule has 0 amide bonds. The first-order valence-electron chi connectivity index (χ1n) is 9.54. The van der Waals surface area contributed by atoms with Crippen LogP contribution < -0.4 is 15.8 Å². The van der Waals surface area contributed by atoms with Crippen molar-refractivity contribution in [1.29, 1.82) is 0 Å². The molecule has 2 atom stereocenters. The van der Waals surface area contributed by atoms with E-state index in [0.29, 0.717) is 28.6 Å². The van der Waals surface area contributed by atoms with Gasteiger partial charge in [-0.2, -0.15) is 0 Å². The van der Waals surface area contributed by atoms with Crippen molar-refractivity contribution in [2.75, 3.05) is 18.0 Å². The molecule has 0 radical (unpaired) electrons. The Kier molecular flexibility index (Phi) is 3.71. The third kappa shape index (κ3) is 2.50. The zero-order chi connectivity index (χ0) is 19.6. The summed E-state index contributed by atoms with van der Waals surface area (Å²) in [7, 11) is 1.75. The first kappa shape index (κ1) is 17.2. The van der Waals surface area contributed by atoms with Gasteiger partial charge in [-0.3, -0.25) is 9.20 Å². The van der Waals surface area contributed by atoms with Crippen molar-refractivity contribution in [3.63, 3.8) is 0 Å². The number of fused-ring (bicyclic) bond motifs is 5. The Morgan fingerprint density at radius 1 is 1.04 bits per heavy atom. The number of anilines is 1. The van der Waals surface area contributed by atoms with E-state index in [0.717, 1.165) is 29.9 Å². The highest BCUT2D eigenvalue weighted by atomic mass is 19.1. The second kappa shape index (κ2) is 6.04. The molecule has 1 aliphatic rings. The van der Waals surface area contributed by atoms with Gasteiger partial charge < -0.3 is 14.8 Å². The van der Waals surface area contributed by atoms with E-state index in [2.05, 4.69) is 24.1 Å². The van der Waals surface area contributed by atoms with Crippen molar-refractivity contribution in [3.05, 3.63) is 52.6 Å². The third-order valence-corrected chi connectivity index (χ3v) is 5.58. The number of aryl methyl sites for hydroxylation is 1. The van der Waals surface area contributed by atoms with Crippen LogP contribution in [0, 0.1) is 5.82 Å². The van der Waals surface area contributed by atoms with E-state index in [9.17, 15) is 9.18 Å². The van der Waals surface area contributed by atoms with Gasteiger partial charge in [0.05, 0.1) is 11.0 Å². The van der Waals surface area contributed by atoms with Gasteiger partial charge in [-0.05, 0) is 50.2 Å². The fourth-order valence-electron chi connectivity index (χ4n) is 4.40. The van der Waals surface area contributed by atoms with Gasteiger partial charge in [0.1, 0.15) is 17.2 Å². The molecule has 5 rings (SSSR count). The number of nitrogens with one attached hydrogen (secondary N) is 1. The van der Waals surface area contributed by atoms with Crippen molar-refractivity contribution in [2.24, 2.45) is 7.05 Å². The van der Waals surface area contributed by atoms with Crippen LogP contribution in [-0.2, 0) is 7.05 Å². The molecule has 0 spiro atoms. The zero-order valence-electron chi connectivity index (χ0n) is 16.1. The van der Waals surface area contributed by atoms with Gasteiger partial charge in [-0.25, -0.2) is 9.37 Å². The summed E-state index contributed by atoms with van der Waals surface area (Å²) in [5, 5.41) is 4.23. The van der Waals surface area contributed by atoms with Gasteiger partial charge in [0, 0.05) is 37.6 Å². The lowest BCUT2D eigenvalue weighted by atomic mass is 10.1. The minimum Gasteiger partial charge on any atom is -0.353 e. The first-order chi connectivity index (χ1) is 13.4. The molecule has 0 unspecified atom stereocenters. The molecule has 1 saturated heterocycles. The summed E-state index contributed by atoms with van der Waals surface area (Å²) in [6.45, 7) is 6.07. The molecular weight excluding hydrogens is 357 g/mol. The van der Waals surface area contributed by atoms with Crippen molar-refractivity contribution in [3.8, 4) is 0 Å². The van der Waals surface area contributed by atoms with Crippen LogP contribution in [0.15, 0.2) is 41.2 Å². The average molecular weight is 379 g/mol. The number of aromatic nitrogens is 3. The molecular formula is C21H22FN5O. The van der Waals surface area contributed by atoms with E-state index in [1.807, 2.05) is 16.5 Å². The predicted molar refractivity (Wildman–Crippen MR) is 110 cm³/mol. The van der Waals surface area contributed by atoms with Gasteiger partial charge in [0.25, 0.3) is 5.56 Å². The summed E-state index contributed by atoms with van der Waals surface area (Å²) >= 11 is 0. The molecule has 0 saturated carbocycles. The lowest BCUT2D eigenvalue weighted by molar-refractivity contribution is 0.405. The predicted octanol–water partition coefficient (Wildman–Crippen LogP) is 2.67. The molecule has 6 nitrogen and oxygen atoms in total. The average Bonchev–Trinajstić information content (AvgIpc) is 3.03. The quantitative estimate of drug-likeness (QED) is 0.553. The zero-order valence-corrected chi connectivity index (χ0v) is 16.1. The van der Waals surface area contributed by atoms with Crippen molar-refractivity contribution in [2.45, 2.75) is 25.9 Å². The molecule has 4 aromatic rings. The lowest BCUT2D eigenvalue weighted by Crippen LogP contribution is -2.54. The normalized spacial score (nSPS) is 20.5. The van der Waals surface area contributed by atoms with Crippen LogP contribution in [0.1, 0.15) is 13.8 Å². The molecule has 144 valence electrons. The number of hydrogen-bond acceptors (Lipinski definition) is 4. The Balaban J connectivity index is 1.82. The SMILES string of the molecule is C[C@@H]1CN(c2ccc3c(n2)n2c(cc4cc(F)ccc42)c(=O)n3C)C[C@H](C)N1. The van der Waals surface area contributed by atoms with Gasteiger partial charge >= 0.3 is 0 Å². The number of piperazine rings is 1. The van der Waals surface area contributed by atoms with E-state index in [1.54, 1.807) is 23.7 Å². The van der Waals surface area contributed by atoms with Crippen molar-refractivity contribution < 1.29 is 4.39 Å². The van der Waals surface area contributed by atoms with Crippen LogP contribution in [0.2, 0.25) is 0 Å². The van der Waals surface area contributed by atoms with Gasteiger partial charge in [-0.1, -0.05) is 0 Å². The Morgan fingerprint density at radius 3 is 2.50 bits per heavy atom. The summed E-state index contributed by atoms with van der Waals surface area (Å²) in [5.41, 5.74) is 2.62. The number of benzene rings is 1. The number of pyridine rings is 1. The summed E-state index contributed by atoms with van der Waals surface area (Å²) in [5.74, 6) is 0.568. The molecule has 0 aliphatic carbocycles. The fraction of sp³-hybridized carbons (Fsp3) is 0.333. The molecule has 28 heavy (non-hydrogen) atoms. The van der Waals surface area contributed by atoms with Gasteiger partial charge in [0.15, 0.2) is 5.65 Å². The third-order valence-electron chi connectivity index (χ3n) is 5.58. The van der Waals surface area contributed by atoms with E-state index in [1.165, 1.54) is 12.1 Å². The number of rotatable bonds is 1. The van der Waals surface area contributed by atoms with Crippen LogP contribution in [-0.4, -0.2) is 39.1 Å². The minimum atomic E-state index is -0.318. The molecule has 1 aromatic carbocycles. The Labute approximate surface area is 161 Å². The fourth-order valence-corrected chi connectivity index (χ4v) is 4.40. The molecule has 1 aliphatic heterocycles. The molecule has 0 bridgehead atoms. The van der Waals surface area contributed by atoms with Gasteiger partial charge in [-0.15, -0.1) is 0 Å². The van der Waals surface area contributed by atoms with Crippen molar-refractivity contribution >= 4 is 33.4 Å². The number of halogens is 1. The Morgan fingerprint density at radius 2 is 1.75 bits per heavy atom.